The van der Waals surface area contributed by atoms with Crippen molar-refractivity contribution in [1.29, 1.82) is 0 Å². The van der Waals surface area contributed by atoms with Gasteiger partial charge in [0.25, 0.3) is 0 Å². The molecule has 1 N–H and O–H groups in total. The van der Waals surface area contributed by atoms with E-state index in [9.17, 15) is 8.42 Å². The lowest BCUT2D eigenvalue weighted by Gasteiger charge is -2.25. The summed E-state index contributed by atoms with van der Waals surface area (Å²) in [6, 6.07) is 26.8. The molecule has 0 spiro atoms. The van der Waals surface area contributed by atoms with Crippen LogP contribution in [0.25, 0.3) is 0 Å². The number of rotatable bonds is 5. The molecule has 0 unspecified atom stereocenters. The zero-order valence-electron chi connectivity index (χ0n) is 12.3. The zero-order valence-corrected chi connectivity index (χ0v) is 13.1. The minimum Gasteiger partial charge on any atom is -0.266 e. The molecule has 116 valence electrons. The molecule has 3 aromatic carbocycles. The largest absolute Gasteiger partial charge is 0.328 e. The lowest BCUT2D eigenvalue weighted by Crippen LogP contribution is -2.32. The van der Waals surface area contributed by atoms with Crippen molar-refractivity contribution in [3.05, 3.63) is 91.0 Å². The quantitative estimate of drug-likeness (QED) is 0.765. The van der Waals surface area contributed by atoms with Crippen molar-refractivity contribution in [2.24, 2.45) is 0 Å². The lowest BCUT2D eigenvalue weighted by molar-refractivity contribution is 0.601. The summed E-state index contributed by atoms with van der Waals surface area (Å²) in [4.78, 5) is 0. The highest BCUT2D eigenvalue weighted by Crippen LogP contribution is 2.29. The van der Waals surface area contributed by atoms with Gasteiger partial charge in [0.05, 0.1) is 17.1 Å². The number of anilines is 3. The number of nitrogens with zero attached hydrogens (tertiary/aromatic N) is 1. The summed E-state index contributed by atoms with van der Waals surface area (Å²) in [5, 5.41) is 0. The van der Waals surface area contributed by atoms with Crippen LogP contribution in [0.1, 0.15) is 0 Å². The second-order valence-corrected chi connectivity index (χ2v) is 6.43. The predicted molar refractivity (Wildman–Crippen MR) is 94.0 cm³/mol. The molecule has 0 radical (unpaired) electrons. The van der Waals surface area contributed by atoms with E-state index in [-0.39, 0.29) is 0 Å². The van der Waals surface area contributed by atoms with E-state index in [1.165, 1.54) is 4.31 Å². The zero-order chi connectivity index (χ0) is 16.1. The fraction of sp³-hybridized carbons (Fsp3) is 0. The van der Waals surface area contributed by atoms with E-state index in [4.69, 9.17) is 0 Å². The van der Waals surface area contributed by atoms with Gasteiger partial charge < -0.3 is 0 Å². The van der Waals surface area contributed by atoms with Crippen LogP contribution in [0, 0.1) is 0 Å². The highest BCUT2D eigenvalue weighted by atomic mass is 32.2. The van der Waals surface area contributed by atoms with E-state index in [0.717, 1.165) is 0 Å². The molecule has 3 aromatic rings. The highest BCUT2D eigenvalue weighted by Gasteiger charge is 2.24. The maximum absolute atomic E-state index is 12.9. The third kappa shape index (κ3) is 3.52. The Hall–Kier alpha value is -2.79. The van der Waals surface area contributed by atoms with Crippen LogP contribution in [0.15, 0.2) is 91.0 Å². The maximum atomic E-state index is 12.9. The molecule has 0 saturated heterocycles. The molecular weight excluding hydrogens is 308 g/mol. The van der Waals surface area contributed by atoms with Crippen LogP contribution >= 0.6 is 0 Å². The molecule has 0 aromatic heterocycles. The van der Waals surface area contributed by atoms with Crippen LogP contribution in [-0.2, 0) is 10.2 Å². The Labute approximate surface area is 136 Å². The van der Waals surface area contributed by atoms with Gasteiger partial charge >= 0.3 is 10.2 Å². The Balaban J connectivity index is 2.05. The fourth-order valence-electron chi connectivity index (χ4n) is 2.25. The molecule has 0 atom stereocenters. The predicted octanol–water partition coefficient (Wildman–Crippen LogP) is 4.18. The first-order valence-electron chi connectivity index (χ1n) is 7.15. The van der Waals surface area contributed by atoms with Crippen LogP contribution in [0.3, 0.4) is 0 Å². The molecule has 0 saturated carbocycles. The summed E-state index contributed by atoms with van der Waals surface area (Å²) in [7, 11) is -3.80. The van der Waals surface area contributed by atoms with Gasteiger partial charge in [0.15, 0.2) is 0 Å². The van der Waals surface area contributed by atoms with Crippen LogP contribution in [0.5, 0.6) is 0 Å². The molecule has 0 bridgehead atoms. The van der Waals surface area contributed by atoms with Gasteiger partial charge in [-0.25, -0.2) is 4.31 Å². The van der Waals surface area contributed by atoms with Crippen molar-refractivity contribution < 1.29 is 8.42 Å². The highest BCUT2D eigenvalue weighted by molar-refractivity contribution is 7.94. The molecule has 0 fully saturated rings. The Morgan fingerprint density at radius 3 is 1.43 bits per heavy atom. The Kier molecular flexibility index (Phi) is 4.30. The average Bonchev–Trinajstić information content (AvgIpc) is 2.57. The van der Waals surface area contributed by atoms with Gasteiger partial charge in [0, 0.05) is 0 Å². The topological polar surface area (TPSA) is 49.4 Å². The summed E-state index contributed by atoms with van der Waals surface area (Å²) in [5.41, 5.74) is 1.66. The number of nitrogens with one attached hydrogen (secondary N) is 1. The van der Waals surface area contributed by atoms with E-state index in [2.05, 4.69) is 4.72 Å². The van der Waals surface area contributed by atoms with E-state index < -0.39 is 10.2 Å². The van der Waals surface area contributed by atoms with Crippen molar-refractivity contribution >= 4 is 27.3 Å². The second kappa shape index (κ2) is 6.54. The van der Waals surface area contributed by atoms with Gasteiger partial charge in [0.1, 0.15) is 0 Å². The van der Waals surface area contributed by atoms with Gasteiger partial charge in [-0.3, -0.25) is 4.72 Å². The van der Waals surface area contributed by atoms with Crippen molar-refractivity contribution in [2.75, 3.05) is 9.03 Å². The molecule has 0 heterocycles. The number of hydrogen-bond donors (Lipinski definition) is 1. The second-order valence-electron chi connectivity index (χ2n) is 4.91. The normalized spacial score (nSPS) is 11.0. The monoisotopic (exact) mass is 324 g/mol. The van der Waals surface area contributed by atoms with E-state index in [1.54, 1.807) is 48.5 Å². The van der Waals surface area contributed by atoms with Crippen LogP contribution in [0.4, 0.5) is 17.1 Å². The molecule has 4 nitrogen and oxygen atoms in total. The van der Waals surface area contributed by atoms with Crippen LogP contribution in [0.2, 0.25) is 0 Å². The molecule has 23 heavy (non-hydrogen) atoms. The average molecular weight is 324 g/mol. The summed E-state index contributed by atoms with van der Waals surface area (Å²) < 4.78 is 29.7. The first kappa shape index (κ1) is 15.1. The van der Waals surface area contributed by atoms with E-state index in [1.807, 2.05) is 42.5 Å². The van der Waals surface area contributed by atoms with Crippen molar-refractivity contribution in [3.8, 4) is 0 Å². The Morgan fingerprint density at radius 2 is 1.00 bits per heavy atom. The number of benzene rings is 3. The van der Waals surface area contributed by atoms with Crippen molar-refractivity contribution in [3.63, 3.8) is 0 Å². The van der Waals surface area contributed by atoms with Gasteiger partial charge in [-0.2, -0.15) is 8.42 Å². The molecule has 0 aliphatic heterocycles. The number of para-hydroxylation sites is 3. The van der Waals surface area contributed by atoms with Gasteiger partial charge in [-0.05, 0) is 36.4 Å². The first-order valence-corrected chi connectivity index (χ1v) is 8.59. The molecule has 0 aliphatic rings. The van der Waals surface area contributed by atoms with E-state index in [0.29, 0.717) is 17.1 Å². The van der Waals surface area contributed by atoms with E-state index >= 15 is 0 Å². The Bertz CT molecular complexity index is 812. The molecule has 0 amide bonds. The molecular formula is C18H16N2O2S. The lowest BCUT2D eigenvalue weighted by atomic mass is 10.3. The maximum Gasteiger partial charge on any atom is 0.328 e. The Morgan fingerprint density at radius 1 is 0.609 bits per heavy atom. The summed E-state index contributed by atoms with van der Waals surface area (Å²) in [6.45, 7) is 0. The summed E-state index contributed by atoms with van der Waals surface area (Å²) in [6.07, 6.45) is 0. The minimum absolute atomic E-state index is 0.518. The molecule has 0 aliphatic carbocycles. The fourth-order valence-corrected chi connectivity index (χ4v) is 3.58. The molecule has 5 heteroatoms. The van der Waals surface area contributed by atoms with Crippen molar-refractivity contribution in [2.45, 2.75) is 0 Å². The van der Waals surface area contributed by atoms with Crippen LogP contribution in [-0.4, -0.2) is 8.42 Å². The smallest absolute Gasteiger partial charge is 0.266 e. The third-order valence-electron chi connectivity index (χ3n) is 3.24. The van der Waals surface area contributed by atoms with Gasteiger partial charge in [-0.1, -0.05) is 54.6 Å². The first-order chi connectivity index (χ1) is 11.2. The summed E-state index contributed by atoms with van der Waals surface area (Å²) >= 11 is 0. The summed E-state index contributed by atoms with van der Waals surface area (Å²) in [5.74, 6) is 0. The van der Waals surface area contributed by atoms with Gasteiger partial charge in [0.2, 0.25) is 0 Å². The van der Waals surface area contributed by atoms with Crippen LogP contribution < -0.4 is 9.03 Å². The van der Waals surface area contributed by atoms with Gasteiger partial charge in [-0.15, -0.1) is 0 Å². The SMILES string of the molecule is O=S(=O)(Nc1ccccc1)N(c1ccccc1)c1ccccc1. The minimum atomic E-state index is -3.80. The standard InChI is InChI=1S/C18H16N2O2S/c21-23(22,19-16-10-4-1-5-11-16)20(17-12-6-2-7-13-17)18-14-8-3-9-15-18/h1-15,19H. The number of hydrogen-bond acceptors (Lipinski definition) is 2. The third-order valence-corrected chi connectivity index (χ3v) is 4.64. The van der Waals surface area contributed by atoms with Crippen molar-refractivity contribution in [1.82, 2.24) is 0 Å². The molecule has 3 rings (SSSR count).